The van der Waals surface area contributed by atoms with Crippen molar-refractivity contribution in [2.24, 2.45) is 0 Å². The Bertz CT molecular complexity index is 1920. The Balaban J connectivity index is 2.75. The first kappa shape index (κ1) is 73.9. The predicted octanol–water partition coefficient (Wildman–Crippen LogP) is 16.6. The molecule has 0 saturated carbocycles. The molecule has 1 heterocycles. The van der Waals surface area contributed by atoms with Gasteiger partial charge in [0.15, 0.2) is 24.6 Å². The molecule has 1 saturated heterocycles. The van der Waals surface area contributed by atoms with Crippen LogP contribution < -0.4 is 0 Å². The molecule has 1 aliphatic heterocycles. The van der Waals surface area contributed by atoms with Gasteiger partial charge in [0.2, 0.25) is 0 Å². The Morgan fingerprint density at radius 3 is 1.27 bits per heavy atom. The lowest BCUT2D eigenvalue weighted by Crippen LogP contribution is -2.61. The summed E-state index contributed by atoms with van der Waals surface area (Å²) >= 11 is 0. The van der Waals surface area contributed by atoms with Crippen LogP contribution in [0.4, 0.5) is 0 Å². The zero-order valence-corrected chi connectivity index (χ0v) is 50.2. The number of unbranched alkanes of at least 4 members (excludes halogenated alkanes) is 15. The Morgan fingerprint density at radius 2 is 0.802 bits per heavy atom. The second kappa shape index (κ2) is 55.4. The van der Waals surface area contributed by atoms with E-state index < -0.39 is 67.3 Å². The van der Waals surface area contributed by atoms with Crippen LogP contribution in [0.25, 0.3) is 0 Å². The Kier molecular flexibility index (Phi) is 50.5. The van der Waals surface area contributed by atoms with E-state index in [0.29, 0.717) is 25.7 Å². The van der Waals surface area contributed by atoms with Crippen molar-refractivity contribution in [3.63, 3.8) is 0 Å². The van der Waals surface area contributed by atoms with Gasteiger partial charge in [-0.25, -0.2) is 4.79 Å². The van der Waals surface area contributed by atoms with Crippen molar-refractivity contribution >= 4 is 23.9 Å². The van der Waals surface area contributed by atoms with Crippen LogP contribution in [0, 0.1) is 0 Å². The van der Waals surface area contributed by atoms with Gasteiger partial charge in [0.25, 0.3) is 0 Å². The second-order valence-electron chi connectivity index (χ2n) is 20.6. The summed E-state index contributed by atoms with van der Waals surface area (Å²) in [5.41, 5.74) is 0. The molecule has 12 nitrogen and oxygen atoms in total. The first-order chi connectivity index (χ1) is 39.6. The van der Waals surface area contributed by atoms with Gasteiger partial charge in [-0.05, 0) is 122 Å². The number of hydrogen-bond donors (Lipinski definition) is 3. The van der Waals surface area contributed by atoms with Gasteiger partial charge < -0.3 is 39.0 Å². The zero-order valence-electron chi connectivity index (χ0n) is 50.2. The maximum atomic E-state index is 13.2. The van der Waals surface area contributed by atoms with Crippen LogP contribution in [0.1, 0.15) is 226 Å². The number of ether oxygens (including phenoxy) is 5. The topological polar surface area (TPSA) is 175 Å². The molecule has 81 heavy (non-hydrogen) atoms. The van der Waals surface area contributed by atoms with E-state index in [-0.39, 0.29) is 25.9 Å². The normalized spacial score (nSPS) is 18.7. The van der Waals surface area contributed by atoms with Crippen LogP contribution in [0.5, 0.6) is 0 Å². The van der Waals surface area contributed by atoms with E-state index in [2.05, 4.69) is 142 Å². The van der Waals surface area contributed by atoms with E-state index in [9.17, 15) is 34.5 Å². The zero-order chi connectivity index (χ0) is 58.9. The van der Waals surface area contributed by atoms with E-state index in [1.54, 1.807) is 0 Å². The number of esters is 3. The molecule has 6 unspecified atom stereocenters. The summed E-state index contributed by atoms with van der Waals surface area (Å²) in [6.07, 6.45) is 65.7. The number of hydrogen-bond acceptors (Lipinski definition) is 11. The number of aliphatic hydroxyl groups excluding tert-OH is 2. The van der Waals surface area contributed by atoms with Gasteiger partial charge in [-0.15, -0.1) is 0 Å². The van der Waals surface area contributed by atoms with Crippen LogP contribution in [0.3, 0.4) is 0 Å². The molecule has 0 aromatic carbocycles. The molecule has 1 rings (SSSR count). The maximum Gasteiger partial charge on any atom is 0.335 e. The molecule has 0 spiro atoms. The number of carboxylic acids is 1. The molecule has 0 aromatic heterocycles. The lowest BCUT2D eigenvalue weighted by atomic mass is 9.98. The fourth-order valence-corrected chi connectivity index (χ4v) is 8.50. The highest BCUT2D eigenvalue weighted by Crippen LogP contribution is 2.26. The van der Waals surface area contributed by atoms with Crippen molar-refractivity contribution in [1.29, 1.82) is 0 Å². The van der Waals surface area contributed by atoms with E-state index in [0.717, 1.165) is 122 Å². The third-order valence-electron chi connectivity index (χ3n) is 13.2. The smallest absolute Gasteiger partial charge is 0.335 e. The third kappa shape index (κ3) is 45.1. The highest BCUT2D eigenvalue weighted by molar-refractivity contribution is 5.74. The number of aliphatic carboxylic acids is 1. The molecule has 1 fully saturated rings. The second-order valence-corrected chi connectivity index (χ2v) is 20.6. The monoisotopic (exact) mass is 1130 g/mol. The van der Waals surface area contributed by atoms with Crippen molar-refractivity contribution in [2.45, 2.75) is 263 Å². The van der Waals surface area contributed by atoms with E-state index in [4.69, 9.17) is 23.7 Å². The molecule has 456 valence electrons. The van der Waals surface area contributed by atoms with Crippen LogP contribution in [0.2, 0.25) is 0 Å². The molecule has 0 bridgehead atoms. The molecule has 0 aliphatic carbocycles. The minimum Gasteiger partial charge on any atom is -0.479 e. The van der Waals surface area contributed by atoms with Gasteiger partial charge in [0.05, 0.1) is 6.61 Å². The van der Waals surface area contributed by atoms with Crippen LogP contribution in [-0.4, -0.2) is 89.2 Å². The van der Waals surface area contributed by atoms with Crippen LogP contribution >= 0.6 is 0 Å². The van der Waals surface area contributed by atoms with Crippen molar-refractivity contribution < 1.29 is 58.2 Å². The standard InChI is InChI=1S/C69H108O12/c1-4-7-10-13-16-19-22-25-28-30-31-33-35-37-40-43-46-49-52-55-61(70)77-58-60(79-62(71)56-53-50-47-44-41-38-34-27-24-21-18-15-12-9-6-3)59-78-69-67(65(74)64(73)66(81-69)68(75)76)80-63(72)57-54-51-48-45-42-39-36-32-29-26-23-20-17-14-11-8-5-2/h7,9-10,12,16,18-19,21,25-29,31,33-34,37,40-41,44,46,49,60,64-67,69,73-74H,4-6,8,11,13-15,17,20,22-24,30,32,35-36,38-39,42-43,45,47-48,50-59H2,1-3H3,(H,75,76)/b10-7-,12-9-,19-16-,21-18-,28-25-,29-26-,33-31-,34-27-,40-37-,44-41-,49-46-. The number of allylic oxidation sites excluding steroid dienone is 22. The van der Waals surface area contributed by atoms with Crippen LogP contribution in [-0.2, 0) is 42.9 Å². The molecule has 1 aliphatic rings. The Labute approximate surface area is 490 Å². The fourth-order valence-electron chi connectivity index (χ4n) is 8.50. The van der Waals surface area contributed by atoms with Crippen molar-refractivity contribution in [2.75, 3.05) is 13.2 Å². The Morgan fingerprint density at radius 1 is 0.420 bits per heavy atom. The quantitative estimate of drug-likeness (QED) is 0.0228. The van der Waals surface area contributed by atoms with Crippen molar-refractivity contribution in [3.05, 3.63) is 134 Å². The summed E-state index contributed by atoms with van der Waals surface area (Å²) in [6.45, 7) is 5.66. The Hall–Kier alpha value is -5.14. The summed E-state index contributed by atoms with van der Waals surface area (Å²) in [7, 11) is 0. The number of rotatable bonds is 51. The van der Waals surface area contributed by atoms with Crippen molar-refractivity contribution in [3.8, 4) is 0 Å². The molecule has 6 atom stereocenters. The molecule has 0 aromatic rings. The highest BCUT2D eigenvalue weighted by atomic mass is 16.7. The first-order valence-corrected chi connectivity index (χ1v) is 31.2. The van der Waals surface area contributed by atoms with Gasteiger partial charge in [0, 0.05) is 19.3 Å². The molecular formula is C69H108O12. The summed E-state index contributed by atoms with van der Waals surface area (Å²) < 4.78 is 28.3. The van der Waals surface area contributed by atoms with E-state index in [1.807, 2.05) is 12.2 Å². The maximum absolute atomic E-state index is 13.2. The largest absolute Gasteiger partial charge is 0.479 e. The molecular weight excluding hydrogens is 1020 g/mol. The predicted molar refractivity (Wildman–Crippen MR) is 330 cm³/mol. The lowest BCUT2D eigenvalue weighted by Gasteiger charge is -2.40. The van der Waals surface area contributed by atoms with Gasteiger partial charge in [0.1, 0.15) is 18.8 Å². The number of carbonyl (C=O) groups excluding carboxylic acids is 3. The first-order valence-electron chi connectivity index (χ1n) is 31.2. The van der Waals surface area contributed by atoms with Gasteiger partial charge in [-0.1, -0.05) is 219 Å². The lowest BCUT2D eigenvalue weighted by molar-refractivity contribution is -0.301. The van der Waals surface area contributed by atoms with Gasteiger partial charge >= 0.3 is 23.9 Å². The summed E-state index contributed by atoms with van der Waals surface area (Å²) in [5.74, 6) is -3.31. The minimum atomic E-state index is -1.93. The fraction of sp³-hybridized carbons (Fsp3) is 0.623. The van der Waals surface area contributed by atoms with E-state index in [1.165, 1.54) is 38.5 Å². The van der Waals surface area contributed by atoms with Crippen molar-refractivity contribution in [1.82, 2.24) is 0 Å². The number of carboxylic acid groups (broad SMARTS) is 1. The highest BCUT2D eigenvalue weighted by Gasteiger charge is 2.50. The summed E-state index contributed by atoms with van der Waals surface area (Å²) in [5, 5.41) is 31.5. The summed E-state index contributed by atoms with van der Waals surface area (Å²) in [4.78, 5) is 51.2. The molecule has 0 radical (unpaired) electrons. The van der Waals surface area contributed by atoms with Crippen LogP contribution in [0.15, 0.2) is 134 Å². The summed E-state index contributed by atoms with van der Waals surface area (Å²) in [6, 6.07) is 0. The molecule has 12 heteroatoms. The minimum absolute atomic E-state index is 0.0365. The average molecular weight is 1130 g/mol. The number of aliphatic hydroxyl groups is 2. The average Bonchev–Trinajstić information content (AvgIpc) is 3.53. The molecule has 3 N–H and O–H groups in total. The van der Waals surface area contributed by atoms with Gasteiger partial charge in [-0.2, -0.15) is 0 Å². The molecule has 0 amide bonds. The van der Waals surface area contributed by atoms with Gasteiger partial charge in [-0.3, -0.25) is 14.4 Å². The SMILES string of the molecule is CC/C=C\C/C=C\C/C=C\C/C=C\C/C=C\C/C=C\CCC(=O)OCC(COC1OC(C(=O)O)C(O)C(O)C1OC(=O)CCCCCCCCC/C=C\CCCCCCCC)OC(=O)CCCC/C=C\C/C=C\C/C=C\C/C=C\CC. The van der Waals surface area contributed by atoms with E-state index >= 15 is 0 Å². The third-order valence-corrected chi connectivity index (χ3v) is 13.2. The number of carbonyl (C=O) groups is 4.